The van der Waals surface area contributed by atoms with E-state index in [4.69, 9.17) is 27.9 Å². The summed E-state index contributed by atoms with van der Waals surface area (Å²) in [5, 5.41) is 9.79. The number of rotatable bonds is 4. The third-order valence-electron chi connectivity index (χ3n) is 3.20. The maximum absolute atomic E-state index is 13.5. The summed E-state index contributed by atoms with van der Waals surface area (Å²) in [5.74, 6) is 0. The SMILES string of the molecule is CCOCn1c(-c2ccc(Cl)c(Cl)c2)c(C#N)c(Br)c1C(F)(F)F. The quantitative estimate of drug-likeness (QED) is 0.574. The molecule has 24 heavy (non-hydrogen) atoms. The van der Waals surface area contributed by atoms with Gasteiger partial charge in [0.05, 0.1) is 25.8 Å². The Kier molecular flexibility index (Phi) is 5.87. The molecule has 9 heteroatoms. The van der Waals surface area contributed by atoms with Crippen molar-refractivity contribution in [3.05, 3.63) is 44.0 Å². The predicted octanol–water partition coefficient (Wildman–Crippen LogP) is 6.11. The molecule has 0 amide bonds. The Morgan fingerprint density at radius 2 is 1.96 bits per heavy atom. The molecule has 1 aromatic heterocycles. The zero-order valence-electron chi connectivity index (χ0n) is 12.2. The molecule has 0 spiro atoms. The van der Waals surface area contributed by atoms with Gasteiger partial charge >= 0.3 is 6.18 Å². The number of aromatic nitrogens is 1. The number of halogens is 6. The van der Waals surface area contributed by atoms with Gasteiger partial charge in [-0.05, 0) is 35.0 Å². The summed E-state index contributed by atoms with van der Waals surface area (Å²) in [4.78, 5) is 0. The zero-order valence-corrected chi connectivity index (χ0v) is 15.3. The second-order valence-electron chi connectivity index (χ2n) is 4.67. The van der Waals surface area contributed by atoms with Crippen LogP contribution in [0.4, 0.5) is 13.2 Å². The third kappa shape index (κ3) is 3.57. The number of nitriles is 1. The molecule has 3 nitrogen and oxygen atoms in total. The van der Waals surface area contributed by atoms with Crippen LogP contribution in [-0.2, 0) is 17.6 Å². The van der Waals surface area contributed by atoms with Crippen LogP contribution < -0.4 is 0 Å². The second-order valence-corrected chi connectivity index (χ2v) is 6.28. The normalized spacial score (nSPS) is 11.6. The lowest BCUT2D eigenvalue weighted by atomic mass is 10.1. The highest BCUT2D eigenvalue weighted by Crippen LogP contribution is 2.43. The van der Waals surface area contributed by atoms with Crippen LogP contribution in [0.1, 0.15) is 18.2 Å². The molecule has 0 saturated heterocycles. The van der Waals surface area contributed by atoms with E-state index in [2.05, 4.69) is 15.9 Å². The highest BCUT2D eigenvalue weighted by atomic mass is 79.9. The first-order chi connectivity index (χ1) is 11.2. The largest absolute Gasteiger partial charge is 0.432 e. The maximum atomic E-state index is 13.5. The van der Waals surface area contributed by atoms with Gasteiger partial charge in [-0.3, -0.25) is 0 Å². The van der Waals surface area contributed by atoms with Crippen molar-refractivity contribution >= 4 is 39.1 Å². The van der Waals surface area contributed by atoms with Crippen molar-refractivity contribution in [2.75, 3.05) is 6.61 Å². The van der Waals surface area contributed by atoms with Gasteiger partial charge in [-0.1, -0.05) is 29.3 Å². The van der Waals surface area contributed by atoms with Gasteiger partial charge in [-0.15, -0.1) is 0 Å². The van der Waals surface area contributed by atoms with Crippen LogP contribution in [-0.4, -0.2) is 11.2 Å². The Bertz CT molecular complexity index is 813. The molecule has 0 N–H and O–H groups in total. The lowest BCUT2D eigenvalue weighted by Gasteiger charge is -2.16. The van der Waals surface area contributed by atoms with Gasteiger partial charge in [-0.2, -0.15) is 18.4 Å². The van der Waals surface area contributed by atoms with E-state index in [9.17, 15) is 18.4 Å². The topological polar surface area (TPSA) is 38.0 Å². The Labute approximate surface area is 154 Å². The second kappa shape index (κ2) is 7.36. The smallest absolute Gasteiger partial charge is 0.361 e. The number of alkyl halides is 3. The van der Waals surface area contributed by atoms with Crippen molar-refractivity contribution in [2.24, 2.45) is 0 Å². The predicted molar refractivity (Wildman–Crippen MR) is 88.9 cm³/mol. The highest BCUT2D eigenvalue weighted by molar-refractivity contribution is 9.10. The minimum absolute atomic E-state index is 0.0590. The van der Waals surface area contributed by atoms with Crippen LogP contribution in [0, 0.1) is 11.3 Å². The van der Waals surface area contributed by atoms with E-state index >= 15 is 0 Å². The van der Waals surface area contributed by atoms with Gasteiger partial charge in [0.25, 0.3) is 0 Å². The minimum atomic E-state index is -4.67. The number of hydrogen-bond acceptors (Lipinski definition) is 2. The molecule has 1 aromatic carbocycles. The first kappa shape index (κ1) is 19.1. The third-order valence-corrected chi connectivity index (χ3v) is 4.71. The Balaban J connectivity index is 2.82. The van der Waals surface area contributed by atoms with Crippen molar-refractivity contribution in [2.45, 2.75) is 19.8 Å². The molecule has 0 aliphatic heterocycles. The van der Waals surface area contributed by atoms with Crippen molar-refractivity contribution < 1.29 is 17.9 Å². The van der Waals surface area contributed by atoms with E-state index < -0.39 is 11.9 Å². The van der Waals surface area contributed by atoms with Crippen molar-refractivity contribution in [3.8, 4) is 17.3 Å². The summed E-state index contributed by atoms with van der Waals surface area (Å²) < 4.78 is 46.1. The van der Waals surface area contributed by atoms with Gasteiger partial charge < -0.3 is 9.30 Å². The summed E-state index contributed by atoms with van der Waals surface area (Å²) >= 11 is 14.7. The van der Waals surface area contributed by atoms with E-state index in [0.29, 0.717) is 5.56 Å². The molecular formula is C15H10BrCl2F3N2O. The molecule has 0 atom stereocenters. The van der Waals surface area contributed by atoms with Crippen LogP contribution in [0.2, 0.25) is 10.0 Å². The molecule has 0 aliphatic rings. The maximum Gasteiger partial charge on any atom is 0.432 e. The minimum Gasteiger partial charge on any atom is -0.361 e. The number of nitrogens with zero attached hydrogens (tertiary/aromatic N) is 2. The summed E-state index contributed by atoms with van der Waals surface area (Å²) in [6.07, 6.45) is -4.67. The summed E-state index contributed by atoms with van der Waals surface area (Å²) in [7, 11) is 0. The van der Waals surface area contributed by atoms with Crippen LogP contribution in [0.25, 0.3) is 11.3 Å². The van der Waals surface area contributed by atoms with E-state index in [1.54, 1.807) is 13.0 Å². The van der Waals surface area contributed by atoms with Crippen molar-refractivity contribution in [1.82, 2.24) is 4.57 Å². The van der Waals surface area contributed by atoms with Crippen molar-refractivity contribution in [1.29, 1.82) is 5.26 Å². The summed E-state index contributed by atoms with van der Waals surface area (Å²) in [6, 6.07) is 6.18. The molecule has 2 rings (SSSR count). The van der Waals surface area contributed by atoms with E-state index in [1.165, 1.54) is 18.2 Å². The molecule has 0 unspecified atom stereocenters. The molecule has 0 radical (unpaired) electrons. The standard InChI is InChI=1S/C15H10BrCl2F3N2O/c1-2-24-7-23-13(8-3-4-10(17)11(18)5-8)9(6-22)12(16)14(23)15(19,20)21/h3-5H,2,7H2,1H3. The molecule has 2 aromatic rings. The number of ether oxygens (including phenoxy) is 1. The van der Waals surface area contributed by atoms with Crippen LogP contribution in [0.15, 0.2) is 22.7 Å². The van der Waals surface area contributed by atoms with Gasteiger partial charge in [-0.25, -0.2) is 0 Å². The van der Waals surface area contributed by atoms with Crippen LogP contribution in [0.5, 0.6) is 0 Å². The molecule has 0 saturated carbocycles. The molecule has 0 aliphatic carbocycles. The first-order valence-electron chi connectivity index (χ1n) is 6.64. The summed E-state index contributed by atoms with van der Waals surface area (Å²) in [6.45, 7) is 1.52. The van der Waals surface area contributed by atoms with Crippen LogP contribution in [0.3, 0.4) is 0 Å². The Morgan fingerprint density at radius 3 is 2.46 bits per heavy atom. The van der Waals surface area contributed by atoms with Crippen molar-refractivity contribution in [3.63, 3.8) is 0 Å². The van der Waals surface area contributed by atoms with Gasteiger partial charge in [0.1, 0.15) is 18.5 Å². The van der Waals surface area contributed by atoms with Gasteiger partial charge in [0.15, 0.2) is 0 Å². The molecule has 0 bridgehead atoms. The summed E-state index contributed by atoms with van der Waals surface area (Å²) in [5.41, 5.74) is -0.755. The number of hydrogen-bond donors (Lipinski definition) is 0. The monoisotopic (exact) mass is 440 g/mol. The van der Waals surface area contributed by atoms with Gasteiger partial charge in [0, 0.05) is 12.2 Å². The lowest BCUT2D eigenvalue weighted by molar-refractivity contribution is -0.146. The molecular weight excluding hydrogens is 432 g/mol. The molecule has 0 fully saturated rings. The molecule has 128 valence electrons. The fraction of sp³-hybridized carbons (Fsp3) is 0.267. The average molecular weight is 442 g/mol. The first-order valence-corrected chi connectivity index (χ1v) is 8.19. The highest BCUT2D eigenvalue weighted by Gasteiger charge is 2.40. The Hall–Kier alpha value is -1.20. The molecule has 1 heterocycles. The Morgan fingerprint density at radius 1 is 1.29 bits per heavy atom. The average Bonchev–Trinajstić information content (AvgIpc) is 2.79. The zero-order chi connectivity index (χ0) is 18.1. The van der Waals surface area contributed by atoms with Crippen LogP contribution >= 0.6 is 39.1 Å². The van der Waals surface area contributed by atoms with E-state index in [-0.39, 0.29) is 39.1 Å². The van der Waals surface area contributed by atoms with Gasteiger partial charge in [0.2, 0.25) is 0 Å². The van der Waals surface area contributed by atoms with E-state index in [0.717, 1.165) is 4.57 Å². The van der Waals surface area contributed by atoms with E-state index in [1.807, 2.05) is 0 Å². The lowest BCUT2D eigenvalue weighted by Crippen LogP contribution is -2.16. The number of benzene rings is 1. The fourth-order valence-electron chi connectivity index (χ4n) is 2.22. The fourth-order valence-corrected chi connectivity index (χ4v) is 3.24.